The number of pyridine rings is 1. The molecule has 5 aromatic rings. The predicted octanol–water partition coefficient (Wildman–Crippen LogP) is 5.54. The first-order chi connectivity index (χ1) is 19.8. The minimum Gasteiger partial charge on any atom is -0.497 e. The van der Waals surface area contributed by atoms with Gasteiger partial charge in [0, 0.05) is 37.7 Å². The number of hydrogen-bond donors (Lipinski definition) is 0. The molecule has 0 N–H and O–H groups in total. The van der Waals surface area contributed by atoms with Crippen LogP contribution in [0.1, 0.15) is 28.5 Å². The molecule has 0 fully saturated rings. The Balaban J connectivity index is 1.43. The Bertz CT molecular complexity index is 1780. The first-order valence-electron chi connectivity index (χ1n) is 13.3. The molecule has 0 saturated carbocycles. The molecule has 9 heteroatoms. The monoisotopic (exact) mass is 554 g/mol. The number of ether oxygens (including phenoxy) is 2. The maximum atomic E-state index is 15.2. The minimum absolute atomic E-state index is 0.0147. The SMILES string of the molecule is CCN(C)Cc1c(C(=O)Cc2ccc(Oc3ccnc4cc(OC)ccc34)c(F)c2)c(=O)n(-c2ccccc2)n1C. The predicted molar refractivity (Wildman–Crippen MR) is 156 cm³/mol. The van der Waals surface area contributed by atoms with Crippen LogP contribution >= 0.6 is 0 Å². The van der Waals surface area contributed by atoms with Crippen LogP contribution < -0.4 is 15.0 Å². The molecule has 0 aliphatic heterocycles. The van der Waals surface area contributed by atoms with E-state index in [1.807, 2.05) is 49.2 Å². The number of methoxy groups -OCH3 is 1. The molecule has 8 nitrogen and oxygen atoms in total. The van der Waals surface area contributed by atoms with Crippen molar-refractivity contribution < 1.29 is 18.7 Å². The summed E-state index contributed by atoms with van der Waals surface area (Å²) in [5.74, 6) is 0.119. The van der Waals surface area contributed by atoms with Gasteiger partial charge >= 0.3 is 0 Å². The average molecular weight is 555 g/mol. The summed E-state index contributed by atoms with van der Waals surface area (Å²) in [7, 11) is 5.27. The molecule has 41 heavy (non-hydrogen) atoms. The zero-order valence-electron chi connectivity index (χ0n) is 23.4. The van der Waals surface area contributed by atoms with Crippen LogP contribution in [0, 0.1) is 5.82 Å². The van der Waals surface area contributed by atoms with Crippen LogP contribution in [0.5, 0.6) is 17.2 Å². The number of para-hydroxylation sites is 1. The quantitative estimate of drug-likeness (QED) is 0.211. The van der Waals surface area contributed by atoms with Gasteiger partial charge in [-0.1, -0.05) is 31.2 Å². The van der Waals surface area contributed by atoms with Crippen molar-refractivity contribution in [1.29, 1.82) is 0 Å². The van der Waals surface area contributed by atoms with Gasteiger partial charge in [0.05, 0.1) is 24.0 Å². The van der Waals surface area contributed by atoms with Crippen LogP contribution in [0.2, 0.25) is 0 Å². The van der Waals surface area contributed by atoms with Crippen molar-refractivity contribution in [3.8, 4) is 22.9 Å². The van der Waals surface area contributed by atoms with E-state index in [9.17, 15) is 9.59 Å². The Hall–Kier alpha value is -4.76. The summed E-state index contributed by atoms with van der Waals surface area (Å²) in [6, 6.07) is 20.6. The van der Waals surface area contributed by atoms with Crippen LogP contribution in [0.15, 0.2) is 83.8 Å². The van der Waals surface area contributed by atoms with Crippen LogP contribution in [0.3, 0.4) is 0 Å². The van der Waals surface area contributed by atoms with Crippen LogP contribution in [0.25, 0.3) is 16.6 Å². The number of carbonyl (C=O) groups excluding carboxylic acids is 1. The maximum absolute atomic E-state index is 15.2. The molecule has 0 spiro atoms. The fourth-order valence-corrected chi connectivity index (χ4v) is 4.78. The van der Waals surface area contributed by atoms with Gasteiger partial charge in [0.2, 0.25) is 0 Å². The molecule has 2 heterocycles. The van der Waals surface area contributed by atoms with E-state index in [-0.39, 0.29) is 23.5 Å². The van der Waals surface area contributed by atoms with Gasteiger partial charge in [-0.05, 0) is 61.6 Å². The highest BCUT2D eigenvalue weighted by molar-refractivity contribution is 5.98. The number of Topliss-reactive ketones (excluding diaryl/α,β-unsaturated/α-hetero) is 1. The molecule has 210 valence electrons. The summed E-state index contributed by atoms with van der Waals surface area (Å²) in [4.78, 5) is 33.5. The molecule has 0 atom stereocenters. The number of halogens is 1. The van der Waals surface area contributed by atoms with Crippen LogP contribution in [-0.2, 0) is 20.0 Å². The summed E-state index contributed by atoms with van der Waals surface area (Å²) >= 11 is 0. The lowest BCUT2D eigenvalue weighted by atomic mass is 10.0. The highest BCUT2D eigenvalue weighted by atomic mass is 19.1. The Morgan fingerprint density at radius 1 is 1.02 bits per heavy atom. The standard InChI is InChI=1S/C32H31FN4O4/c1-5-35(2)20-27-31(32(39)37(36(27)3)22-9-7-6-8-10-22)28(38)18-21-11-14-30(25(33)17-21)41-29-15-16-34-26-19-23(40-4)12-13-24(26)29/h6-17,19H,5,18,20H2,1-4H3. The lowest BCUT2D eigenvalue weighted by molar-refractivity contribution is 0.0990. The zero-order valence-corrected chi connectivity index (χ0v) is 23.4. The van der Waals surface area contributed by atoms with E-state index in [1.54, 1.807) is 55.4 Å². The smallest absolute Gasteiger partial charge is 0.282 e. The lowest BCUT2D eigenvalue weighted by Crippen LogP contribution is -2.23. The third-order valence-corrected chi connectivity index (χ3v) is 7.12. The Morgan fingerprint density at radius 3 is 2.51 bits per heavy atom. The zero-order chi connectivity index (χ0) is 29.1. The largest absolute Gasteiger partial charge is 0.497 e. The highest BCUT2D eigenvalue weighted by Gasteiger charge is 2.25. The number of aromatic nitrogens is 3. The van der Waals surface area contributed by atoms with E-state index in [1.165, 1.54) is 16.8 Å². The van der Waals surface area contributed by atoms with Crippen molar-refractivity contribution >= 4 is 16.7 Å². The molecule has 2 aromatic heterocycles. The Kier molecular flexibility index (Phi) is 7.98. The van der Waals surface area contributed by atoms with Crippen molar-refractivity contribution in [1.82, 2.24) is 19.2 Å². The Morgan fingerprint density at radius 2 is 1.80 bits per heavy atom. The van der Waals surface area contributed by atoms with Gasteiger partial charge in [-0.3, -0.25) is 19.3 Å². The van der Waals surface area contributed by atoms with Crippen molar-refractivity contribution in [3.63, 3.8) is 0 Å². The molecule has 0 aliphatic rings. The van der Waals surface area contributed by atoms with E-state index in [4.69, 9.17) is 9.47 Å². The number of carbonyl (C=O) groups is 1. The average Bonchev–Trinajstić information content (AvgIpc) is 3.22. The highest BCUT2D eigenvalue weighted by Crippen LogP contribution is 2.32. The molecule has 0 aliphatic carbocycles. The topological polar surface area (TPSA) is 78.6 Å². The first kappa shape index (κ1) is 27.8. The van der Waals surface area contributed by atoms with Gasteiger partial charge in [0.15, 0.2) is 17.3 Å². The third-order valence-electron chi connectivity index (χ3n) is 7.12. The summed E-state index contributed by atoms with van der Waals surface area (Å²) in [6.07, 6.45) is 1.45. The second kappa shape index (κ2) is 11.8. The second-order valence-electron chi connectivity index (χ2n) is 9.79. The first-order valence-corrected chi connectivity index (χ1v) is 13.3. The van der Waals surface area contributed by atoms with Crippen molar-refractivity contribution in [3.05, 3.63) is 112 Å². The number of hydrogen-bond acceptors (Lipinski definition) is 6. The van der Waals surface area contributed by atoms with Crippen molar-refractivity contribution in [2.45, 2.75) is 19.9 Å². The number of fused-ring (bicyclic) bond motifs is 1. The van der Waals surface area contributed by atoms with E-state index < -0.39 is 11.4 Å². The third kappa shape index (κ3) is 5.62. The van der Waals surface area contributed by atoms with Gasteiger partial charge in [-0.15, -0.1) is 0 Å². The van der Waals surface area contributed by atoms with E-state index >= 15 is 4.39 Å². The van der Waals surface area contributed by atoms with E-state index in [0.29, 0.717) is 45.9 Å². The molecule has 0 amide bonds. The number of benzene rings is 3. The van der Waals surface area contributed by atoms with Crippen LogP contribution in [0.4, 0.5) is 4.39 Å². The molecule has 3 aromatic carbocycles. The fourth-order valence-electron chi connectivity index (χ4n) is 4.78. The maximum Gasteiger partial charge on any atom is 0.282 e. The number of rotatable bonds is 10. The number of ketones is 1. The molecule has 0 bridgehead atoms. The second-order valence-corrected chi connectivity index (χ2v) is 9.79. The summed E-state index contributed by atoms with van der Waals surface area (Å²) in [6.45, 7) is 3.16. The van der Waals surface area contributed by atoms with Gasteiger partial charge in [0.1, 0.15) is 17.1 Å². The van der Waals surface area contributed by atoms with Crippen molar-refractivity contribution in [2.24, 2.45) is 7.05 Å². The van der Waals surface area contributed by atoms with Gasteiger partial charge in [-0.25, -0.2) is 9.07 Å². The molecule has 0 radical (unpaired) electrons. The summed E-state index contributed by atoms with van der Waals surface area (Å²) < 4.78 is 29.6. The molecule has 5 rings (SSSR count). The Labute approximate surface area is 237 Å². The van der Waals surface area contributed by atoms with Gasteiger partial charge < -0.3 is 14.4 Å². The summed E-state index contributed by atoms with van der Waals surface area (Å²) in [5, 5.41) is 0.704. The minimum atomic E-state index is -0.616. The summed E-state index contributed by atoms with van der Waals surface area (Å²) in [5.41, 5.74) is 2.07. The molecular weight excluding hydrogens is 523 g/mol. The molecule has 0 saturated heterocycles. The van der Waals surface area contributed by atoms with E-state index in [0.717, 1.165) is 6.54 Å². The fraction of sp³-hybridized carbons (Fsp3) is 0.219. The number of nitrogens with zero attached hydrogens (tertiary/aromatic N) is 4. The molecular formula is C32H31FN4O4. The molecule has 0 unspecified atom stereocenters. The van der Waals surface area contributed by atoms with Crippen LogP contribution in [-0.4, -0.2) is 45.7 Å². The van der Waals surface area contributed by atoms with Gasteiger partial charge in [0.25, 0.3) is 5.56 Å². The van der Waals surface area contributed by atoms with E-state index in [2.05, 4.69) is 4.98 Å². The van der Waals surface area contributed by atoms with Crippen molar-refractivity contribution in [2.75, 3.05) is 20.7 Å². The normalized spacial score (nSPS) is 11.3. The lowest BCUT2D eigenvalue weighted by Gasteiger charge is -2.16. The van der Waals surface area contributed by atoms with Gasteiger partial charge in [-0.2, -0.15) is 0 Å².